The maximum absolute atomic E-state index is 12.4. The molecule has 2 aromatic rings. The number of nitrogens with zero attached hydrogens (tertiary/aromatic N) is 1. The normalized spacial score (nSPS) is 11.4. The van der Waals surface area contributed by atoms with Crippen LogP contribution in [0.15, 0.2) is 28.8 Å². The predicted octanol–water partition coefficient (Wildman–Crippen LogP) is 3.81. The van der Waals surface area contributed by atoms with Gasteiger partial charge in [-0.25, -0.2) is 0 Å². The van der Waals surface area contributed by atoms with Crippen LogP contribution >= 0.6 is 23.2 Å². The van der Waals surface area contributed by atoms with Crippen molar-refractivity contribution in [1.82, 2.24) is 10.5 Å². The molecule has 0 saturated heterocycles. The SMILES string of the molecule is CCC(CC)(CN)NC(=O)c1cc(COc2c(Cl)cccc2Cl)on1. The highest BCUT2D eigenvalue weighted by Gasteiger charge is 2.28. The zero-order valence-corrected chi connectivity index (χ0v) is 15.7. The van der Waals surface area contributed by atoms with Crippen LogP contribution in [-0.4, -0.2) is 23.1 Å². The lowest BCUT2D eigenvalue weighted by molar-refractivity contribution is 0.0885. The molecule has 0 radical (unpaired) electrons. The minimum atomic E-state index is -0.447. The molecule has 0 atom stereocenters. The van der Waals surface area contributed by atoms with Gasteiger partial charge in [0.05, 0.1) is 15.6 Å². The van der Waals surface area contributed by atoms with Crippen LogP contribution in [0.4, 0.5) is 0 Å². The Balaban J connectivity index is 2.03. The molecule has 2 rings (SSSR count). The van der Waals surface area contributed by atoms with E-state index in [1.165, 1.54) is 6.07 Å². The number of para-hydroxylation sites is 1. The van der Waals surface area contributed by atoms with E-state index >= 15 is 0 Å². The number of aromatic nitrogens is 1. The Labute approximate surface area is 156 Å². The first-order chi connectivity index (χ1) is 11.9. The van der Waals surface area contributed by atoms with Crippen LogP contribution in [0.3, 0.4) is 0 Å². The van der Waals surface area contributed by atoms with Gasteiger partial charge in [0.2, 0.25) is 0 Å². The van der Waals surface area contributed by atoms with Gasteiger partial charge in [-0.05, 0) is 25.0 Å². The fraction of sp³-hybridized carbons (Fsp3) is 0.412. The first-order valence-corrected chi connectivity index (χ1v) is 8.75. The van der Waals surface area contributed by atoms with Crippen LogP contribution < -0.4 is 15.8 Å². The van der Waals surface area contributed by atoms with Crippen molar-refractivity contribution >= 4 is 29.1 Å². The summed E-state index contributed by atoms with van der Waals surface area (Å²) in [5.41, 5.74) is 5.52. The lowest BCUT2D eigenvalue weighted by Gasteiger charge is -2.30. The highest BCUT2D eigenvalue weighted by molar-refractivity contribution is 6.37. The summed E-state index contributed by atoms with van der Waals surface area (Å²) >= 11 is 12.1. The zero-order chi connectivity index (χ0) is 18.4. The van der Waals surface area contributed by atoms with E-state index < -0.39 is 5.54 Å². The quantitative estimate of drug-likeness (QED) is 0.720. The van der Waals surface area contributed by atoms with E-state index in [0.717, 1.165) is 12.8 Å². The molecular weight excluding hydrogens is 365 g/mol. The third-order valence-electron chi connectivity index (χ3n) is 4.19. The van der Waals surface area contributed by atoms with Gasteiger partial charge < -0.3 is 20.3 Å². The number of amides is 1. The van der Waals surface area contributed by atoms with Crippen molar-refractivity contribution in [2.45, 2.75) is 38.8 Å². The maximum Gasteiger partial charge on any atom is 0.273 e. The average molecular weight is 386 g/mol. The van der Waals surface area contributed by atoms with Crippen molar-refractivity contribution in [3.8, 4) is 5.75 Å². The first-order valence-electron chi connectivity index (χ1n) is 7.99. The van der Waals surface area contributed by atoms with E-state index in [1.54, 1.807) is 18.2 Å². The number of hydrogen-bond donors (Lipinski definition) is 2. The van der Waals surface area contributed by atoms with Crippen LogP contribution in [0.5, 0.6) is 5.75 Å². The Morgan fingerprint density at radius 2 is 1.96 bits per heavy atom. The van der Waals surface area contributed by atoms with Gasteiger partial charge in [-0.15, -0.1) is 0 Å². The minimum Gasteiger partial charge on any atom is -0.482 e. The number of carbonyl (C=O) groups is 1. The molecule has 0 fully saturated rings. The maximum atomic E-state index is 12.4. The van der Waals surface area contributed by atoms with E-state index in [1.807, 2.05) is 13.8 Å². The molecule has 0 aliphatic heterocycles. The van der Waals surface area contributed by atoms with Gasteiger partial charge in [0.1, 0.15) is 6.61 Å². The third kappa shape index (κ3) is 4.66. The van der Waals surface area contributed by atoms with Gasteiger partial charge in [0.15, 0.2) is 17.2 Å². The molecule has 0 aliphatic rings. The lowest BCUT2D eigenvalue weighted by atomic mass is 9.93. The van der Waals surface area contributed by atoms with E-state index in [-0.39, 0.29) is 18.2 Å². The molecule has 1 aromatic heterocycles. The fourth-order valence-corrected chi connectivity index (χ4v) is 2.83. The molecule has 0 unspecified atom stereocenters. The number of benzene rings is 1. The smallest absolute Gasteiger partial charge is 0.273 e. The molecule has 8 heteroatoms. The monoisotopic (exact) mass is 385 g/mol. The largest absolute Gasteiger partial charge is 0.482 e. The topological polar surface area (TPSA) is 90.4 Å². The van der Waals surface area contributed by atoms with Crippen molar-refractivity contribution in [3.05, 3.63) is 45.8 Å². The summed E-state index contributed by atoms with van der Waals surface area (Å²) in [6, 6.07) is 6.58. The highest BCUT2D eigenvalue weighted by Crippen LogP contribution is 2.32. The molecule has 0 spiro atoms. The Morgan fingerprint density at radius 3 is 2.52 bits per heavy atom. The van der Waals surface area contributed by atoms with Crippen molar-refractivity contribution < 1.29 is 14.1 Å². The Bertz CT molecular complexity index is 701. The number of hydrogen-bond acceptors (Lipinski definition) is 5. The first kappa shape index (κ1) is 19.6. The lowest BCUT2D eigenvalue weighted by Crippen LogP contribution is -2.52. The van der Waals surface area contributed by atoms with Gasteiger partial charge in [-0.1, -0.05) is 48.3 Å². The van der Waals surface area contributed by atoms with Crippen molar-refractivity contribution in [2.24, 2.45) is 5.73 Å². The zero-order valence-electron chi connectivity index (χ0n) is 14.1. The van der Waals surface area contributed by atoms with Crippen LogP contribution in [-0.2, 0) is 6.61 Å². The van der Waals surface area contributed by atoms with Gasteiger partial charge >= 0.3 is 0 Å². The Hall–Kier alpha value is -1.76. The van der Waals surface area contributed by atoms with Crippen molar-refractivity contribution in [1.29, 1.82) is 0 Å². The minimum absolute atomic E-state index is 0.0489. The number of halogens is 2. The summed E-state index contributed by atoms with van der Waals surface area (Å²) in [6.07, 6.45) is 1.45. The molecule has 25 heavy (non-hydrogen) atoms. The molecular formula is C17H21Cl2N3O3. The molecule has 1 aromatic carbocycles. The third-order valence-corrected chi connectivity index (χ3v) is 4.79. The van der Waals surface area contributed by atoms with Gasteiger partial charge in [0, 0.05) is 12.6 Å². The van der Waals surface area contributed by atoms with Crippen LogP contribution in [0.25, 0.3) is 0 Å². The number of nitrogens with two attached hydrogens (primary N) is 1. The van der Waals surface area contributed by atoms with Gasteiger partial charge in [0.25, 0.3) is 5.91 Å². The highest BCUT2D eigenvalue weighted by atomic mass is 35.5. The standard InChI is InChI=1S/C17H21Cl2N3O3/c1-3-17(4-2,10-20)21-16(23)14-8-11(25-22-14)9-24-15-12(18)6-5-7-13(15)19/h5-8H,3-4,9-10,20H2,1-2H3,(H,21,23). The summed E-state index contributed by atoms with van der Waals surface area (Å²) in [4.78, 5) is 12.4. The fourth-order valence-electron chi connectivity index (χ4n) is 2.32. The summed E-state index contributed by atoms with van der Waals surface area (Å²) in [5.74, 6) is 0.403. The van der Waals surface area contributed by atoms with E-state index in [9.17, 15) is 4.79 Å². The number of carbonyl (C=O) groups excluding carboxylic acids is 1. The molecule has 0 aliphatic carbocycles. The Morgan fingerprint density at radius 1 is 1.32 bits per heavy atom. The second-order valence-electron chi connectivity index (χ2n) is 5.66. The number of ether oxygens (including phenoxy) is 1. The average Bonchev–Trinajstić information content (AvgIpc) is 3.08. The molecule has 6 nitrogen and oxygen atoms in total. The molecule has 136 valence electrons. The van der Waals surface area contributed by atoms with E-state index in [2.05, 4.69) is 10.5 Å². The van der Waals surface area contributed by atoms with Crippen molar-refractivity contribution in [3.63, 3.8) is 0 Å². The second kappa shape index (κ2) is 8.56. The van der Waals surface area contributed by atoms with Crippen LogP contribution in [0, 0.1) is 0 Å². The van der Waals surface area contributed by atoms with Crippen molar-refractivity contribution in [2.75, 3.05) is 6.54 Å². The summed E-state index contributed by atoms with van der Waals surface area (Å²) in [7, 11) is 0. The van der Waals surface area contributed by atoms with Crippen LogP contribution in [0.2, 0.25) is 10.0 Å². The van der Waals surface area contributed by atoms with E-state index in [0.29, 0.717) is 28.1 Å². The number of nitrogens with one attached hydrogen (secondary N) is 1. The summed E-state index contributed by atoms with van der Waals surface area (Å²) in [6.45, 7) is 4.36. The van der Waals surface area contributed by atoms with Gasteiger partial charge in [-0.2, -0.15) is 0 Å². The number of rotatable bonds is 8. The summed E-state index contributed by atoms with van der Waals surface area (Å²) in [5, 5.41) is 7.50. The molecule has 1 amide bonds. The van der Waals surface area contributed by atoms with Gasteiger partial charge in [-0.3, -0.25) is 4.79 Å². The predicted molar refractivity (Wildman–Crippen MR) is 97.1 cm³/mol. The summed E-state index contributed by atoms with van der Waals surface area (Å²) < 4.78 is 10.7. The molecule has 0 saturated carbocycles. The molecule has 3 N–H and O–H groups in total. The van der Waals surface area contributed by atoms with E-state index in [4.69, 9.17) is 38.2 Å². The molecule has 1 heterocycles. The Kier molecular flexibility index (Phi) is 6.70. The second-order valence-corrected chi connectivity index (χ2v) is 6.48. The van der Waals surface area contributed by atoms with Crippen LogP contribution in [0.1, 0.15) is 42.9 Å². The molecule has 0 bridgehead atoms.